The highest BCUT2D eigenvalue weighted by molar-refractivity contribution is 5.48. The van der Waals surface area contributed by atoms with Crippen LogP contribution in [-0.4, -0.2) is 50.2 Å². The van der Waals surface area contributed by atoms with Gasteiger partial charge in [-0.25, -0.2) is 0 Å². The number of aromatic nitrogens is 3. The molecular formula is C11H15F3N4O2. The van der Waals surface area contributed by atoms with E-state index in [-0.39, 0.29) is 12.1 Å². The normalized spacial score (nSPS) is 25.6. The molecule has 0 aromatic carbocycles. The van der Waals surface area contributed by atoms with Crippen LogP contribution in [0.5, 0.6) is 0 Å². The number of carbonyl (C=O) groups is 1. The average molecular weight is 292 g/mol. The summed E-state index contributed by atoms with van der Waals surface area (Å²) < 4.78 is 37.1. The largest absolute Gasteiger partial charge is 0.420 e. The summed E-state index contributed by atoms with van der Waals surface area (Å²) in [7, 11) is 0. The van der Waals surface area contributed by atoms with Crippen LogP contribution in [0.3, 0.4) is 0 Å². The molecule has 1 aromatic heterocycles. The van der Waals surface area contributed by atoms with Crippen molar-refractivity contribution in [3.05, 3.63) is 11.9 Å². The number of likely N-dealkylation sites (tertiary alicyclic amines) is 1. The molecule has 1 saturated heterocycles. The molecule has 0 radical (unpaired) electrons. The molecule has 20 heavy (non-hydrogen) atoms. The second-order valence-corrected chi connectivity index (χ2v) is 4.92. The lowest BCUT2D eigenvalue weighted by Crippen LogP contribution is -2.42. The van der Waals surface area contributed by atoms with E-state index in [0.717, 1.165) is 17.4 Å². The zero-order valence-corrected chi connectivity index (χ0v) is 10.8. The first-order chi connectivity index (χ1) is 9.32. The Balaban J connectivity index is 2.11. The molecule has 9 heteroatoms. The van der Waals surface area contributed by atoms with E-state index in [0.29, 0.717) is 19.4 Å². The van der Waals surface area contributed by atoms with Gasteiger partial charge < -0.3 is 10.0 Å². The number of halogens is 3. The highest BCUT2D eigenvalue weighted by atomic mass is 19.4. The topological polar surface area (TPSA) is 71.2 Å². The fourth-order valence-electron chi connectivity index (χ4n) is 2.21. The highest BCUT2D eigenvalue weighted by Crippen LogP contribution is 2.31. The summed E-state index contributed by atoms with van der Waals surface area (Å²) >= 11 is 0. The number of aliphatic hydroxyl groups excluding tert-OH is 1. The fraction of sp³-hybridized carbons (Fsp3) is 0.727. The number of rotatable bonds is 3. The van der Waals surface area contributed by atoms with Gasteiger partial charge in [-0.05, 0) is 19.8 Å². The van der Waals surface area contributed by atoms with Crippen molar-refractivity contribution < 1.29 is 23.1 Å². The van der Waals surface area contributed by atoms with E-state index < -0.39 is 18.0 Å². The van der Waals surface area contributed by atoms with Crippen LogP contribution in [0.4, 0.5) is 13.2 Å². The van der Waals surface area contributed by atoms with Crippen molar-refractivity contribution in [2.75, 3.05) is 6.54 Å². The van der Waals surface area contributed by atoms with Gasteiger partial charge in [0.15, 0.2) is 6.10 Å². The molecule has 1 amide bonds. The third-order valence-electron chi connectivity index (χ3n) is 3.48. The summed E-state index contributed by atoms with van der Waals surface area (Å²) in [6.07, 6.45) is -4.39. The van der Waals surface area contributed by atoms with E-state index in [4.69, 9.17) is 5.11 Å². The number of hydrogen-bond acceptors (Lipinski definition) is 4. The van der Waals surface area contributed by atoms with E-state index in [2.05, 4.69) is 10.2 Å². The maximum Gasteiger partial charge on any atom is 0.420 e. The molecule has 1 aliphatic rings. The molecule has 0 aliphatic carbocycles. The molecule has 0 unspecified atom stereocenters. The van der Waals surface area contributed by atoms with Crippen LogP contribution < -0.4 is 0 Å². The number of piperidine rings is 1. The first-order valence-electron chi connectivity index (χ1n) is 6.20. The van der Waals surface area contributed by atoms with Gasteiger partial charge in [-0.15, -0.1) is 0 Å². The van der Waals surface area contributed by atoms with Crippen LogP contribution in [0.2, 0.25) is 0 Å². The number of carbonyl (C=O) groups excluding carboxylic acids is 1. The van der Waals surface area contributed by atoms with E-state index in [1.54, 1.807) is 4.90 Å². The van der Waals surface area contributed by atoms with Crippen LogP contribution in [0, 0.1) is 0 Å². The maximum atomic E-state index is 12.4. The van der Waals surface area contributed by atoms with Crippen molar-refractivity contribution in [3.63, 3.8) is 0 Å². The zero-order chi connectivity index (χ0) is 14.9. The highest BCUT2D eigenvalue weighted by Gasteiger charge is 2.41. The molecule has 0 saturated carbocycles. The smallest absolute Gasteiger partial charge is 0.378 e. The molecule has 112 valence electrons. The molecule has 0 spiro atoms. The summed E-state index contributed by atoms with van der Waals surface area (Å²) in [6, 6.07) is -0.176. The first-order valence-corrected chi connectivity index (χ1v) is 6.20. The Bertz CT molecular complexity index is 476. The van der Waals surface area contributed by atoms with Crippen LogP contribution in [-0.2, 0) is 4.79 Å². The molecule has 6 nitrogen and oxygen atoms in total. The molecule has 0 bridgehead atoms. The maximum absolute atomic E-state index is 12.4. The van der Waals surface area contributed by atoms with Gasteiger partial charge in [0.05, 0.1) is 12.2 Å². The summed E-state index contributed by atoms with van der Waals surface area (Å²) in [5.41, 5.74) is -0.534. The van der Waals surface area contributed by atoms with Gasteiger partial charge in [0.25, 0.3) is 0 Å². The first kappa shape index (κ1) is 14.8. The van der Waals surface area contributed by atoms with E-state index >= 15 is 0 Å². The van der Waals surface area contributed by atoms with Crippen molar-refractivity contribution in [1.82, 2.24) is 19.9 Å². The van der Waals surface area contributed by atoms with E-state index in [1.807, 2.05) is 6.92 Å². The van der Waals surface area contributed by atoms with Gasteiger partial charge in [0.1, 0.15) is 5.69 Å². The van der Waals surface area contributed by atoms with Crippen LogP contribution in [0.25, 0.3) is 0 Å². The number of alkyl halides is 3. The molecule has 1 N–H and O–H groups in total. The molecule has 1 fully saturated rings. The lowest BCUT2D eigenvalue weighted by molar-refractivity contribution is -0.208. The second kappa shape index (κ2) is 5.39. The van der Waals surface area contributed by atoms with Gasteiger partial charge in [-0.1, -0.05) is 0 Å². The molecule has 1 aromatic rings. The van der Waals surface area contributed by atoms with E-state index in [9.17, 15) is 18.0 Å². The third kappa shape index (κ3) is 2.92. The second-order valence-electron chi connectivity index (χ2n) is 4.92. The summed E-state index contributed by atoms with van der Waals surface area (Å²) in [5.74, 6) is 0. The minimum absolute atomic E-state index is 0.0968. The summed E-state index contributed by atoms with van der Waals surface area (Å²) in [5, 5.41) is 16.6. The predicted octanol–water partition coefficient (Wildman–Crippen LogP) is 1.06. The lowest BCUT2D eigenvalue weighted by Gasteiger charge is -2.34. The number of nitrogens with zero attached hydrogens (tertiary/aromatic N) is 4. The summed E-state index contributed by atoms with van der Waals surface area (Å²) in [4.78, 5) is 13.6. The monoisotopic (exact) mass is 292 g/mol. The SMILES string of the molecule is C[C@@H]1CC[C@@H](n2ncc([C@H](O)C(F)(F)F)n2)CN1C=O. The lowest BCUT2D eigenvalue weighted by atomic mass is 10.0. The molecule has 2 heterocycles. The number of hydrogen-bond donors (Lipinski definition) is 1. The van der Waals surface area contributed by atoms with E-state index in [1.165, 1.54) is 0 Å². The van der Waals surface area contributed by atoms with Crippen molar-refractivity contribution in [2.24, 2.45) is 0 Å². The van der Waals surface area contributed by atoms with Gasteiger partial charge >= 0.3 is 6.18 Å². The number of amides is 1. The minimum atomic E-state index is -4.77. The molecule has 3 atom stereocenters. The Morgan fingerprint density at radius 2 is 2.20 bits per heavy atom. The van der Waals surface area contributed by atoms with Crippen molar-refractivity contribution in [2.45, 2.75) is 44.1 Å². The Hall–Kier alpha value is -1.64. The number of aliphatic hydroxyl groups is 1. The molecule has 2 rings (SSSR count). The Morgan fingerprint density at radius 1 is 1.50 bits per heavy atom. The third-order valence-corrected chi connectivity index (χ3v) is 3.48. The minimum Gasteiger partial charge on any atom is -0.378 e. The van der Waals surface area contributed by atoms with Crippen LogP contribution in [0.15, 0.2) is 6.20 Å². The standard InChI is InChI=1S/C11H15F3N4O2/c1-7-2-3-8(5-17(7)6-19)18-15-4-9(16-18)10(20)11(12,13)14/h4,6-8,10,20H,2-3,5H2,1H3/t7-,8-,10+/m1/s1. The predicted molar refractivity (Wildman–Crippen MR) is 61.5 cm³/mol. The molecule has 1 aliphatic heterocycles. The Morgan fingerprint density at radius 3 is 2.80 bits per heavy atom. The fourth-order valence-corrected chi connectivity index (χ4v) is 2.21. The van der Waals surface area contributed by atoms with Gasteiger partial charge in [-0.2, -0.15) is 28.2 Å². The Kier molecular flexibility index (Phi) is 3.98. The van der Waals surface area contributed by atoms with Gasteiger partial charge in [-0.3, -0.25) is 4.79 Å². The zero-order valence-electron chi connectivity index (χ0n) is 10.8. The van der Waals surface area contributed by atoms with Crippen LogP contribution in [0.1, 0.15) is 37.6 Å². The summed E-state index contributed by atoms with van der Waals surface area (Å²) in [6.45, 7) is 2.25. The van der Waals surface area contributed by atoms with Crippen molar-refractivity contribution in [1.29, 1.82) is 0 Å². The van der Waals surface area contributed by atoms with Crippen molar-refractivity contribution >= 4 is 6.41 Å². The van der Waals surface area contributed by atoms with Gasteiger partial charge in [0.2, 0.25) is 6.41 Å². The van der Waals surface area contributed by atoms with Crippen molar-refractivity contribution in [3.8, 4) is 0 Å². The van der Waals surface area contributed by atoms with Gasteiger partial charge in [0, 0.05) is 12.6 Å². The van der Waals surface area contributed by atoms with Crippen LogP contribution >= 0.6 is 0 Å². The Labute approximate surface area is 113 Å². The average Bonchev–Trinajstić information content (AvgIpc) is 2.86. The molecular weight excluding hydrogens is 277 g/mol. The quantitative estimate of drug-likeness (QED) is 0.846.